The fourth-order valence-corrected chi connectivity index (χ4v) is 0.743. The molecule has 1 aliphatic rings. The van der Waals surface area contributed by atoms with Crippen LogP contribution in [0.25, 0.3) is 0 Å². The van der Waals surface area contributed by atoms with Crippen LogP contribution in [0.3, 0.4) is 0 Å². The summed E-state index contributed by atoms with van der Waals surface area (Å²) in [6.07, 6.45) is 2.70. The van der Waals surface area contributed by atoms with E-state index < -0.39 is 0 Å². The van der Waals surface area contributed by atoms with Crippen LogP contribution in [0.2, 0.25) is 0 Å². The van der Waals surface area contributed by atoms with E-state index in [-0.39, 0.29) is 12.1 Å². The Bertz CT molecular complexity index is 129. The van der Waals surface area contributed by atoms with Gasteiger partial charge in [0.05, 0.1) is 6.61 Å². The molecule has 3 heteroatoms. The molecule has 64 valence electrons. The normalized spacial score (nSPS) is 21.4. The lowest BCUT2D eigenvalue weighted by atomic mass is 10.2. The summed E-state index contributed by atoms with van der Waals surface area (Å²) in [5.41, 5.74) is 0. The first kappa shape index (κ1) is 8.53. The molecule has 0 aromatic heterocycles. The van der Waals surface area contributed by atoms with Crippen molar-refractivity contribution in [1.29, 1.82) is 0 Å². The van der Waals surface area contributed by atoms with Gasteiger partial charge in [0, 0.05) is 6.42 Å². The Kier molecular flexibility index (Phi) is 3.36. The third kappa shape index (κ3) is 3.98. The second-order valence-corrected chi connectivity index (χ2v) is 2.74. The first-order valence-corrected chi connectivity index (χ1v) is 4.10. The summed E-state index contributed by atoms with van der Waals surface area (Å²) in [6.45, 7) is 3.25. The Morgan fingerprint density at radius 2 is 2.45 bits per heavy atom. The zero-order valence-electron chi connectivity index (χ0n) is 6.84. The van der Waals surface area contributed by atoms with Crippen molar-refractivity contribution in [2.24, 2.45) is 0 Å². The average molecular weight is 158 g/mol. The number of ether oxygens (including phenoxy) is 2. The smallest absolute Gasteiger partial charge is 0.305 e. The lowest BCUT2D eigenvalue weighted by Crippen LogP contribution is -2.09. The quantitative estimate of drug-likeness (QED) is 0.444. The van der Waals surface area contributed by atoms with Crippen LogP contribution in [0.15, 0.2) is 0 Å². The maximum atomic E-state index is 10.9. The molecule has 1 saturated heterocycles. The van der Waals surface area contributed by atoms with Crippen molar-refractivity contribution in [3.8, 4) is 0 Å². The van der Waals surface area contributed by atoms with Crippen molar-refractivity contribution >= 4 is 5.97 Å². The van der Waals surface area contributed by atoms with Gasteiger partial charge < -0.3 is 9.47 Å². The van der Waals surface area contributed by atoms with Gasteiger partial charge in [0.2, 0.25) is 0 Å². The molecule has 0 amide bonds. The summed E-state index contributed by atoms with van der Waals surface area (Å²) in [5.74, 6) is -0.0950. The zero-order valence-corrected chi connectivity index (χ0v) is 6.84. The Labute approximate surface area is 66.7 Å². The zero-order chi connectivity index (χ0) is 8.10. The van der Waals surface area contributed by atoms with Gasteiger partial charge in [-0.1, -0.05) is 13.3 Å². The Morgan fingerprint density at radius 1 is 1.73 bits per heavy atom. The molecule has 0 aromatic carbocycles. The minimum atomic E-state index is -0.0950. The summed E-state index contributed by atoms with van der Waals surface area (Å²) >= 11 is 0. The molecule has 0 bridgehead atoms. The van der Waals surface area contributed by atoms with E-state index in [1.807, 2.05) is 0 Å². The molecule has 0 aromatic rings. The van der Waals surface area contributed by atoms with Gasteiger partial charge in [0.15, 0.2) is 0 Å². The topological polar surface area (TPSA) is 38.8 Å². The number of rotatable bonds is 5. The predicted molar refractivity (Wildman–Crippen MR) is 40.2 cm³/mol. The molecular formula is C8H14O3. The predicted octanol–water partition coefficient (Wildman–Crippen LogP) is 1.12. The van der Waals surface area contributed by atoms with Crippen molar-refractivity contribution in [2.75, 3.05) is 13.2 Å². The number of hydrogen-bond acceptors (Lipinski definition) is 3. The van der Waals surface area contributed by atoms with Crippen LogP contribution in [0.4, 0.5) is 0 Å². The van der Waals surface area contributed by atoms with E-state index in [0.717, 1.165) is 19.4 Å². The van der Waals surface area contributed by atoms with Crippen molar-refractivity contribution < 1.29 is 14.3 Å². The summed E-state index contributed by atoms with van der Waals surface area (Å²) in [6, 6.07) is 0. The van der Waals surface area contributed by atoms with Crippen LogP contribution in [-0.2, 0) is 14.3 Å². The minimum Gasteiger partial charge on any atom is -0.463 e. The van der Waals surface area contributed by atoms with E-state index >= 15 is 0 Å². The Hall–Kier alpha value is -0.570. The molecule has 0 saturated carbocycles. The van der Waals surface area contributed by atoms with Gasteiger partial charge in [-0.2, -0.15) is 0 Å². The van der Waals surface area contributed by atoms with Gasteiger partial charge in [-0.05, 0) is 6.42 Å². The molecule has 0 radical (unpaired) electrons. The number of unbranched alkanes of at least 4 members (excludes halogenated alkanes) is 1. The SMILES string of the molecule is CCCCC(=O)OC[C@@H]1CO1. The molecular weight excluding hydrogens is 144 g/mol. The third-order valence-corrected chi connectivity index (χ3v) is 1.57. The lowest BCUT2D eigenvalue weighted by Gasteiger charge is -2.00. The van der Waals surface area contributed by atoms with Crippen LogP contribution in [0, 0.1) is 0 Å². The fourth-order valence-electron chi connectivity index (χ4n) is 0.743. The van der Waals surface area contributed by atoms with Gasteiger partial charge >= 0.3 is 5.97 Å². The summed E-state index contributed by atoms with van der Waals surface area (Å²) in [7, 11) is 0. The van der Waals surface area contributed by atoms with Crippen molar-refractivity contribution in [3.63, 3.8) is 0 Å². The highest BCUT2D eigenvalue weighted by molar-refractivity contribution is 5.69. The van der Waals surface area contributed by atoms with Crippen LogP contribution in [-0.4, -0.2) is 25.3 Å². The van der Waals surface area contributed by atoms with E-state index in [1.54, 1.807) is 0 Å². The molecule has 1 aliphatic heterocycles. The lowest BCUT2D eigenvalue weighted by molar-refractivity contribution is -0.144. The van der Waals surface area contributed by atoms with Crippen molar-refractivity contribution in [3.05, 3.63) is 0 Å². The van der Waals surface area contributed by atoms with E-state index in [0.29, 0.717) is 13.0 Å². The molecule has 1 atom stereocenters. The molecule has 0 spiro atoms. The van der Waals surface area contributed by atoms with Gasteiger partial charge in [0.25, 0.3) is 0 Å². The van der Waals surface area contributed by atoms with E-state index in [9.17, 15) is 4.79 Å². The van der Waals surface area contributed by atoms with Gasteiger partial charge in [0.1, 0.15) is 12.7 Å². The molecule has 1 heterocycles. The summed E-state index contributed by atoms with van der Waals surface area (Å²) in [4.78, 5) is 10.9. The third-order valence-electron chi connectivity index (χ3n) is 1.57. The molecule has 1 fully saturated rings. The van der Waals surface area contributed by atoms with E-state index in [4.69, 9.17) is 9.47 Å². The number of carbonyl (C=O) groups excluding carboxylic acids is 1. The van der Waals surface area contributed by atoms with E-state index in [2.05, 4.69) is 6.92 Å². The monoisotopic (exact) mass is 158 g/mol. The minimum absolute atomic E-state index is 0.0950. The maximum Gasteiger partial charge on any atom is 0.305 e. The molecule has 11 heavy (non-hydrogen) atoms. The molecule has 0 N–H and O–H groups in total. The van der Waals surface area contributed by atoms with Crippen LogP contribution < -0.4 is 0 Å². The second-order valence-electron chi connectivity index (χ2n) is 2.74. The number of hydrogen-bond donors (Lipinski definition) is 0. The van der Waals surface area contributed by atoms with Gasteiger partial charge in [-0.25, -0.2) is 0 Å². The van der Waals surface area contributed by atoms with Crippen molar-refractivity contribution in [2.45, 2.75) is 32.3 Å². The number of carbonyl (C=O) groups is 1. The average Bonchev–Trinajstić information content (AvgIpc) is 2.80. The van der Waals surface area contributed by atoms with Gasteiger partial charge in [-0.3, -0.25) is 4.79 Å². The first-order chi connectivity index (χ1) is 5.33. The highest BCUT2D eigenvalue weighted by Crippen LogP contribution is 2.09. The Balaban J connectivity index is 1.91. The number of esters is 1. The second kappa shape index (κ2) is 4.34. The van der Waals surface area contributed by atoms with Crippen LogP contribution in [0.5, 0.6) is 0 Å². The highest BCUT2D eigenvalue weighted by Gasteiger charge is 2.23. The van der Waals surface area contributed by atoms with Crippen molar-refractivity contribution in [1.82, 2.24) is 0 Å². The molecule has 0 unspecified atom stereocenters. The molecule has 3 nitrogen and oxygen atoms in total. The fraction of sp³-hybridized carbons (Fsp3) is 0.875. The largest absolute Gasteiger partial charge is 0.463 e. The Morgan fingerprint density at radius 3 is 3.00 bits per heavy atom. The maximum absolute atomic E-state index is 10.9. The van der Waals surface area contributed by atoms with Crippen LogP contribution >= 0.6 is 0 Å². The standard InChI is InChI=1S/C8H14O3/c1-2-3-4-8(9)11-6-7-5-10-7/h7H,2-6H2,1H3/t7-/m0/s1. The van der Waals surface area contributed by atoms with E-state index in [1.165, 1.54) is 0 Å². The molecule has 1 rings (SSSR count). The van der Waals surface area contributed by atoms with Crippen LogP contribution in [0.1, 0.15) is 26.2 Å². The first-order valence-electron chi connectivity index (χ1n) is 4.10. The highest BCUT2D eigenvalue weighted by atomic mass is 16.6. The summed E-state index contributed by atoms with van der Waals surface area (Å²) in [5, 5.41) is 0. The van der Waals surface area contributed by atoms with Gasteiger partial charge in [-0.15, -0.1) is 0 Å². The summed E-state index contributed by atoms with van der Waals surface area (Å²) < 4.78 is 9.79. The number of epoxide rings is 1. The molecule has 0 aliphatic carbocycles.